The topological polar surface area (TPSA) is 60.8 Å². The van der Waals surface area contributed by atoms with E-state index in [0.29, 0.717) is 5.56 Å². The van der Waals surface area contributed by atoms with E-state index in [9.17, 15) is 4.79 Å². The number of amides is 1. The molecule has 1 aromatic rings. The van der Waals surface area contributed by atoms with Gasteiger partial charge >= 0.3 is 16.8 Å². The molecule has 0 bridgehead atoms. The van der Waals surface area contributed by atoms with E-state index in [4.69, 9.17) is 0 Å². The Morgan fingerprint density at radius 3 is 2.63 bits per heavy atom. The van der Waals surface area contributed by atoms with Crippen LogP contribution in [-0.4, -0.2) is 21.9 Å². The van der Waals surface area contributed by atoms with E-state index >= 15 is 0 Å². The average Bonchev–Trinajstić information content (AvgIpc) is 2.42. The van der Waals surface area contributed by atoms with Crippen molar-refractivity contribution in [2.45, 2.75) is 45.4 Å². The minimum Gasteiger partial charge on any atom is -0.491 e. The van der Waals surface area contributed by atoms with Crippen LogP contribution in [0.15, 0.2) is 29.6 Å². The van der Waals surface area contributed by atoms with Crippen LogP contribution in [0.2, 0.25) is 0 Å². The van der Waals surface area contributed by atoms with Crippen LogP contribution >= 0.6 is 0 Å². The molecule has 1 aromatic heterocycles. The molecule has 0 aliphatic carbocycles. The Morgan fingerprint density at radius 2 is 1.95 bits per heavy atom. The van der Waals surface area contributed by atoms with Crippen LogP contribution in [0.25, 0.3) is 5.43 Å². The summed E-state index contributed by atoms with van der Waals surface area (Å²) in [5.41, 5.74) is 4.37. The second-order valence-electron chi connectivity index (χ2n) is 4.16. The Bertz CT molecular complexity index is 368. The second-order valence-corrected chi connectivity index (χ2v) is 4.16. The standard InChI is InChI=1S/C14H21N3O.Co/c1-2-3-4-5-6-7-10-16-17-14(18)13-8-11-15-12-9-13;/h8-12H,2-7H2,1H3,(H,17,18);/q;+2. The zero-order chi connectivity index (χ0) is 13.1. The molecule has 1 radical (unpaired) electrons. The van der Waals surface area contributed by atoms with Crippen molar-refractivity contribution in [2.75, 3.05) is 0 Å². The van der Waals surface area contributed by atoms with Gasteiger partial charge in [-0.3, -0.25) is 9.78 Å². The molecule has 1 N–H and O–H groups in total. The summed E-state index contributed by atoms with van der Waals surface area (Å²) in [5, 5.41) is 3.86. The van der Waals surface area contributed by atoms with Crippen LogP contribution in [0.4, 0.5) is 0 Å². The van der Waals surface area contributed by atoms with Crippen LogP contribution < -0.4 is 0 Å². The first-order valence-electron chi connectivity index (χ1n) is 6.53. The first-order valence-corrected chi connectivity index (χ1v) is 6.53. The molecular formula is C14H21CoN3O+2. The maximum absolute atomic E-state index is 9.60. The molecule has 0 aromatic carbocycles. The summed E-state index contributed by atoms with van der Waals surface area (Å²) in [6.07, 6.45) is 12.1. The molecule has 1 heterocycles. The number of unbranched alkanes of at least 4 members (excludes halogenated alkanes) is 5. The van der Waals surface area contributed by atoms with Gasteiger partial charge < -0.3 is 10.5 Å². The predicted molar refractivity (Wildman–Crippen MR) is 75.5 cm³/mol. The van der Waals surface area contributed by atoms with Crippen molar-refractivity contribution in [3.63, 3.8) is 0 Å². The minimum atomic E-state index is -0.0698. The number of pyridine rings is 1. The predicted octanol–water partition coefficient (Wildman–Crippen LogP) is 3.65. The van der Waals surface area contributed by atoms with Gasteiger partial charge in [0.1, 0.15) is 0 Å². The van der Waals surface area contributed by atoms with Crippen molar-refractivity contribution in [2.24, 2.45) is 5.10 Å². The van der Waals surface area contributed by atoms with Crippen LogP contribution in [0.3, 0.4) is 0 Å². The summed E-state index contributed by atoms with van der Waals surface area (Å²) in [5.74, 6) is -0.0698. The fraction of sp³-hybridized carbons (Fsp3) is 0.500. The normalized spacial score (nSPS) is 10.2. The smallest absolute Gasteiger partial charge is 0.491 e. The van der Waals surface area contributed by atoms with Gasteiger partial charge in [0.15, 0.2) is 0 Å². The molecule has 19 heavy (non-hydrogen) atoms. The molecule has 1 rings (SSSR count). The van der Waals surface area contributed by atoms with E-state index < -0.39 is 0 Å². The number of hydrogen-bond acceptors (Lipinski definition) is 2. The first kappa shape index (κ1) is 17.8. The number of rotatable bonds is 8. The van der Waals surface area contributed by atoms with Gasteiger partial charge in [0.25, 0.3) is 5.91 Å². The molecule has 0 saturated heterocycles. The average molecular weight is 306 g/mol. The van der Waals surface area contributed by atoms with Gasteiger partial charge in [0, 0.05) is 12.4 Å². The van der Waals surface area contributed by atoms with Crippen molar-refractivity contribution < 1.29 is 21.6 Å². The van der Waals surface area contributed by atoms with Gasteiger partial charge in [-0.2, -0.15) is 0 Å². The molecule has 0 unspecified atom stereocenters. The summed E-state index contributed by atoms with van der Waals surface area (Å²) >= 11 is 0. The molecular weight excluding hydrogens is 285 g/mol. The van der Waals surface area contributed by atoms with Gasteiger partial charge in [-0.1, -0.05) is 32.6 Å². The first-order chi connectivity index (χ1) is 8.84. The molecule has 1 amide bonds. The number of carbonyl (C=O) groups excluding carboxylic acids is 1. The molecule has 0 saturated carbocycles. The van der Waals surface area contributed by atoms with E-state index in [1.807, 2.05) is 0 Å². The Balaban J connectivity index is 0.00000324. The van der Waals surface area contributed by atoms with E-state index in [0.717, 1.165) is 12.8 Å². The SMILES string of the molecule is CCCCCCCC=N[N-]C(=[OH+])c1ccncc1.[Co+2]. The number of nitrogens with zero attached hydrogens (tertiary/aromatic N) is 3. The second kappa shape index (κ2) is 11.9. The third kappa shape index (κ3) is 8.50. The maximum atomic E-state index is 9.60. The van der Waals surface area contributed by atoms with E-state index in [-0.39, 0.29) is 22.7 Å². The van der Waals surface area contributed by atoms with E-state index in [2.05, 4.69) is 22.4 Å². The van der Waals surface area contributed by atoms with Crippen LogP contribution in [-0.2, 0) is 16.8 Å². The quantitative estimate of drug-likeness (QED) is 0.313. The molecule has 0 atom stereocenters. The van der Waals surface area contributed by atoms with Crippen LogP contribution in [0.1, 0.15) is 51.0 Å². The summed E-state index contributed by atoms with van der Waals surface area (Å²) in [7, 11) is 0. The summed E-state index contributed by atoms with van der Waals surface area (Å²) < 4.78 is 0. The maximum Gasteiger partial charge on any atom is 2.00 e. The van der Waals surface area contributed by atoms with Crippen molar-refractivity contribution in [3.8, 4) is 0 Å². The summed E-state index contributed by atoms with van der Waals surface area (Å²) in [6, 6.07) is 3.39. The van der Waals surface area contributed by atoms with Crippen molar-refractivity contribution in [3.05, 3.63) is 35.5 Å². The van der Waals surface area contributed by atoms with Gasteiger partial charge in [-0.15, -0.1) is 0 Å². The minimum absolute atomic E-state index is 0. The Kier molecular flexibility index (Phi) is 11.1. The van der Waals surface area contributed by atoms with E-state index in [1.54, 1.807) is 30.7 Å². The number of aromatic nitrogens is 1. The largest absolute Gasteiger partial charge is 2.00 e. The van der Waals surface area contributed by atoms with Crippen LogP contribution in [0, 0.1) is 0 Å². The van der Waals surface area contributed by atoms with Gasteiger partial charge in [0.2, 0.25) is 0 Å². The molecule has 0 fully saturated rings. The number of hydrogen-bond donors (Lipinski definition) is 0. The molecule has 5 heteroatoms. The van der Waals surface area contributed by atoms with Crippen LogP contribution in [0.5, 0.6) is 0 Å². The molecule has 0 aliphatic heterocycles. The Labute approximate surface area is 125 Å². The fourth-order valence-corrected chi connectivity index (χ4v) is 1.55. The zero-order valence-electron chi connectivity index (χ0n) is 11.3. The summed E-state index contributed by atoms with van der Waals surface area (Å²) in [4.78, 5) is 13.5. The third-order valence-electron chi connectivity index (χ3n) is 2.61. The third-order valence-corrected chi connectivity index (χ3v) is 2.61. The van der Waals surface area contributed by atoms with Gasteiger partial charge in [-0.25, -0.2) is 0 Å². The molecule has 4 nitrogen and oxygen atoms in total. The van der Waals surface area contributed by atoms with Gasteiger partial charge in [0.05, 0.1) is 5.56 Å². The fourth-order valence-electron chi connectivity index (χ4n) is 1.55. The Morgan fingerprint density at radius 1 is 1.26 bits per heavy atom. The molecule has 0 aliphatic rings. The molecule has 0 spiro atoms. The van der Waals surface area contributed by atoms with Crippen molar-refractivity contribution in [1.82, 2.24) is 4.98 Å². The molecule has 105 valence electrons. The van der Waals surface area contributed by atoms with Gasteiger partial charge in [-0.05, 0) is 31.2 Å². The van der Waals surface area contributed by atoms with E-state index in [1.165, 1.54) is 25.7 Å². The monoisotopic (exact) mass is 306 g/mol. The summed E-state index contributed by atoms with van der Waals surface area (Å²) in [6.45, 7) is 2.21. The Hall–Kier alpha value is -1.20. The zero-order valence-corrected chi connectivity index (χ0v) is 12.3. The van der Waals surface area contributed by atoms with Crippen molar-refractivity contribution in [1.29, 1.82) is 0 Å². The van der Waals surface area contributed by atoms with Crippen molar-refractivity contribution >= 4 is 12.1 Å².